The summed E-state index contributed by atoms with van der Waals surface area (Å²) in [6.45, 7) is 1.53. The Balaban J connectivity index is 1.32. The van der Waals surface area contributed by atoms with Crippen molar-refractivity contribution in [2.45, 2.75) is 298 Å². The fraction of sp³-hybridized carbons (Fsp3) is 0.689. The summed E-state index contributed by atoms with van der Waals surface area (Å²) >= 11 is 0. The summed E-state index contributed by atoms with van der Waals surface area (Å²) in [5.41, 5.74) is 0. The first-order chi connectivity index (χ1) is 45.3. The summed E-state index contributed by atoms with van der Waals surface area (Å²) in [5, 5.41) is 120. The number of amides is 1. The van der Waals surface area contributed by atoms with Crippen LogP contribution in [0, 0.1) is 0 Å². The van der Waals surface area contributed by atoms with Crippen LogP contribution in [0.3, 0.4) is 0 Å². The third kappa shape index (κ3) is 35.7. The summed E-state index contributed by atoms with van der Waals surface area (Å²) in [4.78, 5) is 13.3. The molecule has 0 bridgehead atoms. The molecule has 0 aromatic rings. The maximum absolute atomic E-state index is 13.3. The molecule has 0 saturated carbocycles. The standard InChI is InChI=1S/C74H121NO18/c1-3-5-7-9-11-13-14-15-16-17-18-19-20-21-22-23-24-25-26-27-28-29-30-31-32-33-34-35-36-37-38-39-40-41-42-44-46-48-50-52-62(80)75-57(58(79)51-49-47-45-43-12-10-8-6-4-2)56-88-72-68(86)65(83)70(60(54-77)90-72)93-74-69(87)66(84)71(61(55-78)91-74)92-73-67(85)64(82)63(81)59(53-76)89-73/h5,7,11,13,15-16,18-19,21-22,24-25,27-28,30-31,33-34,36-37,49,51,57-61,63-74,76-79,81-87H,3-4,6,8-10,12,14,17,20,23,26,29,32,35,38-48,50,52-56H2,1-2H3,(H,75,80)/b7-5-,13-11-,16-15-,19-18-,22-21-,25-24-,28-27-,31-30-,34-33-,37-36-,51-49+. The van der Waals surface area contributed by atoms with Gasteiger partial charge in [0, 0.05) is 6.42 Å². The minimum atomic E-state index is -1.98. The summed E-state index contributed by atoms with van der Waals surface area (Å²) < 4.78 is 34.2. The molecule has 3 saturated heterocycles. The molecule has 3 rings (SSSR count). The number of carbonyl (C=O) groups excluding carboxylic acids is 1. The van der Waals surface area contributed by atoms with Crippen LogP contribution in [0.15, 0.2) is 134 Å². The Hall–Kier alpha value is -4.07. The average Bonchev–Trinajstić information content (AvgIpc) is 0.828. The van der Waals surface area contributed by atoms with Gasteiger partial charge in [-0.3, -0.25) is 4.79 Å². The molecule has 12 N–H and O–H groups in total. The molecule has 3 aliphatic rings. The van der Waals surface area contributed by atoms with Gasteiger partial charge in [0.1, 0.15) is 73.2 Å². The molecule has 530 valence electrons. The number of unbranched alkanes of at least 4 members (excludes halogenated alkanes) is 15. The van der Waals surface area contributed by atoms with Gasteiger partial charge >= 0.3 is 0 Å². The Morgan fingerprint density at radius 3 is 1.16 bits per heavy atom. The highest BCUT2D eigenvalue weighted by Crippen LogP contribution is 2.33. The molecule has 17 atom stereocenters. The van der Waals surface area contributed by atoms with E-state index in [4.69, 9.17) is 28.4 Å². The van der Waals surface area contributed by atoms with Gasteiger partial charge in [-0.15, -0.1) is 0 Å². The predicted octanol–water partition coefficient (Wildman–Crippen LogP) is 9.38. The van der Waals surface area contributed by atoms with Crippen molar-refractivity contribution < 1.29 is 89.4 Å². The number of rotatable bonds is 51. The van der Waals surface area contributed by atoms with Gasteiger partial charge in [-0.2, -0.15) is 0 Å². The Kier molecular flexibility index (Phi) is 48.3. The number of nitrogens with one attached hydrogen (secondary N) is 1. The van der Waals surface area contributed by atoms with Crippen LogP contribution in [0.1, 0.15) is 194 Å². The van der Waals surface area contributed by atoms with Crippen LogP contribution in [0.25, 0.3) is 0 Å². The van der Waals surface area contributed by atoms with Gasteiger partial charge in [-0.25, -0.2) is 0 Å². The van der Waals surface area contributed by atoms with Crippen LogP contribution in [0.5, 0.6) is 0 Å². The van der Waals surface area contributed by atoms with Crippen molar-refractivity contribution in [1.82, 2.24) is 5.32 Å². The number of aliphatic hydroxyl groups excluding tert-OH is 11. The molecule has 3 aliphatic heterocycles. The molecule has 1 amide bonds. The Labute approximate surface area is 556 Å². The van der Waals surface area contributed by atoms with E-state index in [0.29, 0.717) is 6.42 Å². The lowest BCUT2D eigenvalue weighted by atomic mass is 9.96. The minimum Gasteiger partial charge on any atom is -0.394 e. The molecule has 0 aromatic carbocycles. The largest absolute Gasteiger partial charge is 0.394 e. The molecule has 0 spiro atoms. The highest BCUT2D eigenvalue weighted by Gasteiger charge is 2.53. The fourth-order valence-corrected chi connectivity index (χ4v) is 10.8. The molecular formula is C74H121NO18. The molecule has 93 heavy (non-hydrogen) atoms. The lowest BCUT2D eigenvalue weighted by molar-refractivity contribution is -0.379. The van der Waals surface area contributed by atoms with Gasteiger partial charge in [-0.1, -0.05) is 225 Å². The first-order valence-corrected chi connectivity index (χ1v) is 34.9. The molecule has 0 radical (unpaired) electrons. The van der Waals surface area contributed by atoms with Gasteiger partial charge in [0.2, 0.25) is 5.91 Å². The molecule has 0 aliphatic carbocycles. The number of allylic oxidation sites excluding steroid dienone is 21. The quantitative estimate of drug-likeness (QED) is 0.0199. The van der Waals surface area contributed by atoms with Crippen LogP contribution >= 0.6 is 0 Å². The second-order valence-electron chi connectivity index (χ2n) is 24.3. The normalized spacial score (nSPS) is 28.4. The van der Waals surface area contributed by atoms with Gasteiger partial charge in [-0.05, 0) is 96.3 Å². The molecule has 3 fully saturated rings. The van der Waals surface area contributed by atoms with E-state index in [1.165, 1.54) is 32.1 Å². The van der Waals surface area contributed by atoms with E-state index in [9.17, 15) is 61.0 Å². The maximum Gasteiger partial charge on any atom is 0.220 e. The average molecular weight is 1310 g/mol. The van der Waals surface area contributed by atoms with E-state index >= 15 is 0 Å². The topological polar surface area (TPSA) is 307 Å². The second-order valence-corrected chi connectivity index (χ2v) is 24.3. The van der Waals surface area contributed by atoms with Crippen LogP contribution in [-0.2, 0) is 33.2 Å². The monoisotopic (exact) mass is 1310 g/mol. The van der Waals surface area contributed by atoms with Crippen molar-refractivity contribution in [2.24, 2.45) is 0 Å². The van der Waals surface area contributed by atoms with E-state index in [0.717, 1.165) is 135 Å². The third-order valence-electron chi connectivity index (χ3n) is 16.5. The van der Waals surface area contributed by atoms with Crippen molar-refractivity contribution in [2.75, 3.05) is 26.4 Å². The highest BCUT2D eigenvalue weighted by molar-refractivity contribution is 5.76. The van der Waals surface area contributed by atoms with Crippen molar-refractivity contribution in [3.8, 4) is 0 Å². The van der Waals surface area contributed by atoms with Crippen molar-refractivity contribution in [1.29, 1.82) is 0 Å². The molecule has 19 nitrogen and oxygen atoms in total. The Morgan fingerprint density at radius 2 is 0.742 bits per heavy atom. The van der Waals surface area contributed by atoms with Crippen molar-refractivity contribution in [3.63, 3.8) is 0 Å². The van der Waals surface area contributed by atoms with Gasteiger partial charge < -0.3 is 89.9 Å². The van der Waals surface area contributed by atoms with Crippen LogP contribution < -0.4 is 5.32 Å². The summed E-state index contributed by atoms with van der Waals surface area (Å²) in [7, 11) is 0. The Morgan fingerprint density at radius 1 is 0.398 bits per heavy atom. The first-order valence-electron chi connectivity index (χ1n) is 34.9. The van der Waals surface area contributed by atoms with Crippen LogP contribution in [-0.4, -0.2) is 193 Å². The van der Waals surface area contributed by atoms with Crippen LogP contribution in [0.4, 0.5) is 0 Å². The third-order valence-corrected chi connectivity index (χ3v) is 16.5. The summed E-state index contributed by atoms with van der Waals surface area (Å²) in [6.07, 6.45) is 48.9. The van der Waals surface area contributed by atoms with E-state index < -0.39 is 124 Å². The number of carbonyl (C=O) groups is 1. The Bertz CT molecular complexity index is 2210. The van der Waals surface area contributed by atoms with Crippen LogP contribution in [0.2, 0.25) is 0 Å². The number of hydrogen-bond acceptors (Lipinski definition) is 18. The SMILES string of the molecule is CC/C=C\C/C=C\C/C=C\C/C=C\C/C=C\C/C=C\C/C=C\C/C=C\C/C=C\C/C=C\CCCCCCCCCCC(=O)NC(COC1OC(CO)C(OC2OC(CO)C(OC3OC(CO)C(O)C(O)C3O)C(O)C2O)C(O)C1O)C(O)/C=C/CCCCCCCCC. The zero-order chi connectivity index (χ0) is 67.5. The molecule has 19 heteroatoms. The predicted molar refractivity (Wildman–Crippen MR) is 364 cm³/mol. The lowest BCUT2D eigenvalue weighted by Gasteiger charge is -2.48. The van der Waals surface area contributed by atoms with E-state index in [-0.39, 0.29) is 18.9 Å². The molecule has 0 aromatic heterocycles. The van der Waals surface area contributed by atoms with E-state index in [1.54, 1.807) is 6.08 Å². The fourth-order valence-electron chi connectivity index (χ4n) is 10.8. The zero-order valence-electron chi connectivity index (χ0n) is 55.9. The number of hydrogen-bond donors (Lipinski definition) is 12. The van der Waals surface area contributed by atoms with Gasteiger partial charge in [0.25, 0.3) is 0 Å². The molecular weight excluding hydrogens is 1190 g/mol. The van der Waals surface area contributed by atoms with Crippen molar-refractivity contribution >= 4 is 5.91 Å². The van der Waals surface area contributed by atoms with E-state index in [2.05, 4.69) is 141 Å². The lowest BCUT2D eigenvalue weighted by Crippen LogP contribution is -2.66. The number of ether oxygens (including phenoxy) is 6. The first kappa shape index (κ1) is 83.2. The zero-order valence-corrected chi connectivity index (χ0v) is 55.9. The smallest absolute Gasteiger partial charge is 0.220 e. The van der Waals surface area contributed by atoms with Crippen molar-refractivity contribution in [3.05, 3.63) is 134 Å². The summed E-state index contributed by atoms with van der Waals surface area (Å²) in [6, 6.07) is -0.985. The minimum absolute atomic E-state index is 0.224. The second kappa shape index (κ2) is 54.0. The van der Waals surface area contributed by atoms with Gasteiger partial charge in [0.15, 0.2) is 18.9 Å². The molecule has 3 heterocycles. The maximum atomic E-state index is 13.3. The summed E-state index contributed by atoms with van der Waals surface area (Å²) in [5.74, 6) is -0.294. The van der Waals surface area contributed by atoms with Gasteiger partial charge in [0.05, 0.1) is 38.6 Å². The highest BCUT2D eigenvalue weighted by atomic mass is 16.8. The molecule has 17 unspecified atom stereocenters. The number of aliphatic hydroxyl groups is 11. The van der Waals surface area contributed by atoms with E-state index in [1.807, 2.05) is 6.08 Å².